The van der Waals surface area contributed by atoms with Crippen molar-refractivity contribution in [2.75, 3.05) is 0 Å². The van der Waals surface area contributed by atoms with Crippen molar-refractivity contribution in [1.82, 2.24) is 0 Å². The first-order chi connectivity index (χ1) is 4.20. The second-order valence-corrected chi connectivity index (χ2v) is 1.79. The van der Waals surface area contributed by atoms with Crippen molar-refractivity contribution in [1.29, 1.82) is 10.5 Å². The summed E-state index contributed by atoms with van der Waals surface area (Å²) in [6, 6.07) is 2.73. The maximum Gasteiger partial charge on any atom is 0.318 e. The van der Waals surface area contributed by atoms with Gasteiger partial charge in [-0.15, -0.1) is 0 Å². The van der Waals surface area contributed by atoms with E-state index in [-0.39, 0.29) is 0 Å². The molecule has 1 unspecified atom stereocenters. The van der Waals surface area contributed by atoms with Gasteiger partial charge in [-0.05, 0) is 0 Å². The van der Waals surface area contributed by atoms with Gasteiger partial charge in [0.2, 0.25) is 6.10 Å². The highest BCUT2D eigenvalue weighted by Crippen LogP contribution is 2.16. The van der Waals surface area contributed by atoms with Crippen LogP contribution in [0.1, 0.15) is 0 Å². The van der Waals surface area contributed by atoms with E-state index in [0.717, 1.165) is 0 Å². The zero-order chi connectivity index (χ0) is 7.28. The number of nitrogens with zero attached hydrogens (tertiary/aromatic N) is 2. The van der Waals surface area contributed by atoms with E-state index in [1.807, 2.05) is 0 Å². The lowest BCUT2D eigenvalue weighted by atomic mass is 10.5. The lowest BCUT2D eigenvalue weighted by Gasteiger charge is -1.94. The Hall–Kier alpha value is -0.870. The Morgan fingerprint density at radius 2 is 2.00 bits per heavy atom. The zero-order valence-electron chi connectivity index (χ0n) is 4.24. The molecule has 5 nitrogen and oxygen atoms in total. The highest BCUT2D eigenvalue weighted by atomic mass is 31.1. The van der Waals surface area contributed by atoms with Crippen LogP contribution < -0.4 is 0 Å². The largest absolute Gasteiger partial charge is 0.326 e. The molecule has 1 atom stereocenters. The summed E-state index contributed by atoms with van der Waals surface area (Å²) >= 11 is 0. The van der Waals surface area contributed by atoms with Crippen molar-refractivity contribution in [3.8, 4) is 12.1 Å². The van der Waals surface area contributed by atoms with E-state index >= 15 is 0 Å². The van der Waals surface area contributed by atoms with E-state index in [1.165, 1.54) is 12.1 Å². The van der Waals surface area contributed by atoms with Crippen LogP contribution in [0.3, 0.4) is 0 Å². The number of rotatable bonds is 2. The molecule has 0 amide bonds. The van der Waals surface area contributed by atoms with Gasteiger partial charge >= 0.3 is 8.25 Å². The first-order valence-electron chi connectivity index (χ1n) is 1.89. The molecule has 48 valence electrons. The second kappa shape index (κ2) is 4.05. The highest BCUT2D eigenvalue weighted by molar-refractivity contribution is 7.32. The Kier molecular flexibility index (Phi) is 3.66. The minimum absolute atomic E-state index is 1.37. The average Bonchev–Trinajstić information content (AvgIpc) is 1.82. The summed E-state index contributed by atoms with van der Waals surface area (Å²) < 4.78 is 13.7. The number of hydrogen-bond donors (Lipinski definition) is 1. The molecule has 0 spiro atoms. The van der Waals surface area contributed by atoms with E-state index in [9.17, 15) is 4.57 Å². The second-order valence-electron chi connectivity index (χ2n) is 1.02. The summed E-state index contributed by atoms with van der Waals surface area (Å²) in [5, 5.41) is 15.9. The van der Waals surface area contributed by atoms with Gasteiger partial charge in [-0.3, -0.25) is 9.09 Å². The van der Waals surface area contributed by atoms with Gasteiger partial charge in [0, 0.05) is 0 Å². The molecule has 1 N–H and O–H groups in total. The van der Waals surface area contributed by atoms with Crippen LogP contribution in [0.5, 0.6) is 0 Å². The van der Waals surface area contributed by atoms with Crippen LogP contribution in [0, 0.1) is 22.7 Å². The maximum absolute atomic E-state index is 9.79. The predicted molar refractivity (Wildman–Crippen MR) is 27.3 cm³/mol. The molecule has 0 heterocycles. The first-order valence-corrected chi connectivity index (χ1v) is 3.16. The van der Waals surface area contributed by atoms with Crippen LogP contribution in [-0.4, -0.2) is 11.0 Å². The summed E-state index contributed by atoms with van der Waals surface area (Å²) in [7, 11) is -3.15. The number of hydrogen-bond acceptors (Lipinski definition) is 4. The van der Waals surface area contributed by atoms with Crippen LogP contribution >= 0.6 is 8.25 Å². The standard InChI is InChI=1S/C3H3N2O3P/c4-1-3(2-5)8-9(6)7/h3,9H,(H,6,7). The van der Waals surface area contributed by atoms with E-state index in [2.05, 4.69) is 4.52 Å². The van der Waals surface area contributed by atoms with Crippen LogP contribution in [0.4, 0.5) is 0 Å². The Morgan fingerprint density at radius 3 is 2.11 bits per heavy atom. The summed E-state index contributed by atoms with van der Waals surface area (Å²) in [5.41, 5.74) is 0. The van der Waals surface area contributed by atoms with E-state index in [1.54, 1.807) is 0 Å². The molecule has 0 aliphatic heterocycles. The van der Waals surface area contributed by atoms with Gasteiger partial charge in [-0.1, -0.05) is 0 Å². The fourth-order valence-electron chi connectivity index (χ4n) is 0.182. The van der Waals surface area contributed by atoms with Gasteiger partial charge in [0.05, 0.1) is 0 Å². The average molecular weight is 146 g/mol. The molecular formula is C3H3N2O3P. The van der Waals surface area contributed by atoms with Crippen molar-refractivity contribution >= 4 is 8.25 Å². The summed E-state index contributed by atoms with van der Waals surface area (Å²) in [6.07, 6.45) is -1.43. The molecule has 0 fully saturated rings. The minimum Gasteiger partial charge on any atom is -0.326 e. The quantitative estimate of drug-likeness (QED) is 0.544. The molecule has 6 heteroatoms. The van der Waals surface area contributed by atoms with Crippen molar-refractivity contribution in [3.63, 3.8) is 0 Å². The lowest BCUT2D eigenvalue weighted by molar-refractivity contribution is 0.275. The van der Waals surface area contributed by atoms with Gasteiger partial charge < -0.3 is 4.89 Å². The Morgan fingerprint density at radius 1 is 1.56 bits per heavy atom. The molecule has 0 aromatic carbocycles. The minimum atomic E-state index is -3.15. The summed E-state index contributed by atoms with van der Waals surface area (Å²) in [6.45, 7) is 0. The van der Waals surface area contributed by atoms with Gasteiger partial charge in [0.1, 0.15) is 12.1 Å². The molecule has 0 aliphatic rings. The van der Waals surface area contributed by atoms with Gasteiger partial charge in [-0.2, -0.15) is 10.5 Å². The Bertz CT molecular complexity index is 176. The molecule has 0 aliphatic carbocycles. The first kappa shape index (κ1) is 8.13. The van der Waals surface area contributed by atoms with Gasteiger partial charge in [0.15, 0.2) is 0 Å². The Balaban J connectivity index is 3.78. The number of nitriles is 2. The smallest absolute Gasteiger partial charge is 0.318 e. The molecule has 0 aromatic heterocycles. The lowest BCUT2D eigenvalue weighted by Crippen LogP contribution is -2.00. The molecule has 0 radical (unpaired) electrons. The van der Waals surface area contributed by atoms with E-state index in [4.69, 9.17) is 15.4 Å². The third kappa shape index (κ3) is 3.69. The van der Waals surface area contributed by atoms with Crippen molar-refractivity contribution in [2.24, 2.45) is 0 Å². The highest BCUT2D eigenvalue weighted by Gasteiger charge is 2.06. The summed E-state index contributed by atoms with van der Waals surface area (Å²) in [4.78, 5) is 8.01. The van der Waals surface area contributed by atoms with Crippen LogP contribution in [0.25, 0.3) is 0 Å². The normalized spacial score (nSPS) is 12.0. The monoisotopic (exact) mass is 146 g/mol. The topological polar surface area (TPSA) is 94.1 Å². The van der Waals surface area contributed by atoms with Crippen molar-refractivity contribution in [2.45, 2.75) is 6.10 Å². The van der Waals surface area contributed by atoms with E-state index < -0.39 is 14.4 Å². The molecule has 0 saturated heterocycles. The van der Waals surface area contributed by atoms with Crippen LogP contribution in [0.15, 0.2) is 0 Å². The van der Waals surface area contributed by atoms with Crippen molar-refractivity contribution < 1.29 is 14.0 Å². The molecule has 0 bridgehead atoms. The predicted octanol–water partition coefficient (Wildman–Crippen LogP) is -0.199. The molecular weight excluding hydrogens is 143 g/mol. The summed E-state index contributed by atoms with van der Waals surface area (Å²) in [5.74, 6) is 0. The van der Waals surface area contributed by atoms with Gasteiger partial charge in [0.25, 0.3) is 0 Å². The molecule has 0 saturated carbocycles. The van der Waals surface area contributed by atoms with Crippen LogP contribution in [0.2, 0.25) is 0 Å². The SMILES string of the molecule is N#CC(C#N)O[PH](=O)O. The maximum atomic E-state index is 9.79. The Labute approximate surface area is 52.0 Å². The zero-order valence-corrected chi connectivity index (χ0v) is 5.24. The van der Waals surface area contributed by atoms with Gasteiger partial charge in [-0.25, -0.2) is 0 Å². The fourth-order valence-corrected chi connectivity index (χ4v) is 0.489. The molecule has 0 rings (SSSR count). The molecule has 9 heavy (non-hydrogen) atoms. The third-order valence-electron chi connectivity index (χ3n) is 0.453. The fraction of sp³-hybridized carbons (Fsp3) is 0.333. The molecule has 0 aromatic rings. The third-order valence-corrected chi connectivity index (χ3v) is 0.891. The van der Waals surface area contributed by atoms with Crippen LogP contribution in [-0.2, 0) is 9.09 Å². The van der Waals surface area contributed by atoms with E-state index in [0.29, 0.717) is 0 Å². The van der Waals surface area contributed by atoms with Crippen molar-refractivity contribution in [3.05, 3.63) is 0 Å².